The van der Waals surface area contributed by atoms with Crippen LogP contribution in [0.25, 0.3) is 0 Å². The Bertz CT molecular complexity index is 885. The predicted octanol–water partition coefficient (Wildman–Crippen LogP) is 3.68. The van der Waals surface area contributed by atoms with Crippen molar-refractivity contribution in [1.82, 2.24) is 5.16 Å². The molecule has 1 aliphatic rings. The molecule has 0 saturated heterocycles. The zero-order valence-corrected chi connectivity index (χ0v) is 16.4. The van der Waals surface area contributed by atoms with Gasteiger partial charge in [-0.05, 0) is 11.0 Å². The van der Waals surface area contributed by atoms with Crippen LogP contribution in [-0.2, 0) is 22.3 Å². The molecule has 0 amide bonds. The Morgan fingerprint density at radius 3 is 2.64 bits per heavy atom. The first-order chi connectivity index (χ1) is 13.3. The SMILES string of the molecule is COC(OC)C(Cc1noc2c1C(=O)CC(C)(C)C2)c1cccc([N+](=O)[O-])c1. The molecule has 1 aliphatic carbocycles. The number of methoxy groups -OCH3 is 2. The summed E-state index contributed by atoms with van der Waals surface area (Å²) in [5, 5.41) is 15.3. The maximum absolute atomic E-state index is 12.7. The van der Waals surface area contributed by atoms with Gasteiger partial charge >= 0.3 is 0 Å². The molecule has 0 aliphatic heterocycles. The van der Waals surface area contributed by atoms with E-state index in [0.29, 0.717) is 41.8 Å². The first kappa shape index (κ1) is 20.2. The monoisotopic (exact) mass is 388 g/mol. The Kier molecular flexibility index (Phi) is 5.62. The van der Waals surface area contributed by atoms with E-state index in [1.165, 1.54) is 26.4 Å². The molecule has 0 bridgehead atoms. The molecule has 0 radical (unpaired) electrons. The van der Waals surface area contributed by atoms with Crippen molar-refractivity contribution < 1.29 is 23.7 Å². The number of non-ortho nitro benzene ring substituents is 1. The van der Waals surface area contributed by atoms with Crippen LogP contribution in [0.2, 0.25) is 0 Å². The van der Waals surface area contributed by atoms with Crippen LogP contribution in [0.5, 0.6) is 0 Å². The second-order valence-electron chi connectivity index (χ2n) is 7.87. The van der Waals surface area contributed by atoms with E-state index in [2.05, 4.69) is 5.16 Å². The fourth-order valence-electron chi connectivity index (χ4n) is 3.83. The average molecular weight is 388 g/mol. The van der Waals surface area contributed by atoms with E-state index in [1.54, 1.807) is 12.1 Å². The summed E-state index contributed by atoms with van der Waals surface area (Å²) in [6.45, 7) is 4.04. The summed E-state index contributed by atoms with van der Waals surface area (Å²) < 4.78 is 16.3. The maximum atomic E-state index is 12.7. The van der Waals surface area contributed by atoms with Crippen LogP contribution in [0, 0.1) is 15.5 Å². The molecule has 2 aromatic rings. The Balaban J connectivity index is 1.98. The fourth-order valence-corrected chi connectivity index (χ4v) is 3.83. The van der Waals surface area contributed by atoms with Gasteiger partial charge in [-0.25, -0.2) is 0 Å². The van der Waals surface area contributed by atoms with Gasteiger partial charge in [-0.15, -0.1) is 0 Å². The number of nitro benzene ring substituents is 1. The molecule has 0 N–H and O–H groups in total. The first-order valence-electron chi connectivity index (χ1n) is 9.06. The van der Waals surface area contributed by atoms with Crippen molar-refractivity contribution in [3.05, 3.63) is 57.0 Å². The number of ether oxygens (including phenoxy) is 2. The molecule has 0 saturated carbocycles. The molecule has 1 aromatic heterocycles. The van der Waals surface area contributed by atoms with Crippen LogP contribution in [0.1, 0.15) is 53.6 Å². The van der Waals surface area contributed by atoms with Gasteiger partial charge in [0.2, 0.25) is 0 Å². The van der Waals surface area contributed by atoms with Crippen LogP contribution >= 0.6 is 0 Å². The standard InChI is InChI=1S/C20H24N2O6/c1-20(2)10-16(23)18-15(21-28-17(18)11-20)9-14(19(26-3)27-4)12-6-5-7-13(8-12)22(24)25/h5-8,14,19H,9-11H2,1-4H3. The molecule has 150 valence electrons. The molecule has 1 aromatic carbocycles. The molecule has 8 nitrogen and oxygen atoms in total. The predicted molar refractivity (Wildman–Crippen MR) is 100 cm³/mol. The van der Waals surface area contributed by atoms with Crippen molar-refractivity contribution in [3.8, 4) is 0 Å². The lowest BCUT2D eigenvalue weighted by molar-refractivity contribution is -0.385. The van der Waals surface area contributed by atoms with Crippen LogP contribution in [-0.4, -0.2) is 36.4 Å². The number of carbonyl (C=O) groups excluding carboxylic acids is 1. The minimum absolute atomic E-state index is 0.00618. The third-order valence-corrected chi connectivity index (χ3v) is 5.11. The summed E-state index contributed by atoms with van der Waals surface area (Å²) in [5.41, 5.74) is 1.55. The van der Waals surface area contributed by atoms with Gasteiger partial charge in [-0.1, -0.05) is 31.1 Å². The largest absolute Gasteiger partial charge is 0.360 e. The number of carbonyl (C=O) groups is 1. The van der Waals surface area contributed by atoms with Gasteiger partial charge in [0.25, 0.3) is 5.69 Å². The molecule has 0 fully saturated rings. The quantitative estimate of drug-likeness (QED) is 0.405. The van der Waals surface area contributed by atoms with Crippen molar-refractivity contribution >= 4 is 11.5 Å². The number of benzene rings is 1. The van der Waals surface area contributed by atoms with Gasteiger partial charge in [0.15, 0.2) is 12.1 Å². The van der Waals surface area contributed by atoms with Gasteiger partial charge < -0.3 is 14.0 Å². The lowest BCUT2D eigenvalue weighted by Crippen LogP contribution is -2.28. The molecule has 28 heavy (non-hydrogen) atoms. The topological polar surface area (TPSA) is 105 Å². The molecule has 1 atom stereocenters. The third kappa shape index (κ3) is 3.98. The molecule has 1 unspecified atom stereocenters. The summed E-state index contributed by atoms with van der Waals surface area (Å²) >= 11 is 0. The van der Waals surface area contributed by atoms with Crippen molar-refractivity contribution in [2.75, 3.05) is 14.2 Å². The zero-order chi connectivity index (χ0) is 20.5. The second-order valence-corrected chi connectivity index (χ2v) is 7.87. The zero-order valence-electron chi connectivity index (χ0n) is 16.4. The minimum atomic E-state index is -0.663. The Morgan fingerprint density at radius 1 is 1.29 bits per heavy atom. The molecule has 0 spiro atoms. The lowest BCUT2D eigenvalue weighted by Gasteiger charge is -2.27. The Labute approximate surface area is 163 Å². The van der Waals surface area contributed by atoms with Crippen molar-refractivity contribution in [1.29, 1.82) is 0 Å². The van der Waals surface area contributed by atoms with Crippen molar-refractivity contribution in [2.24, 2.45) is 5.41 Å². The van der Waals surface area contributed by atoms with E-state index >= 15 is 0 Å². The number of nitro groups is 1. The number of hydrogen-bond donors (Lipinski definition) is 0. The highest BCUT2D eigenvalue weighted by molar-refractivity contribution is 5.99. The number of Topliss-reactive ketones (excluding diaryl/α,β-unsaturated/α-hetero) is 1. The highest BCUT2D eigenvalue weighted by atomic mass is 16.7. The Morgan fingerprint density at radius 2 is 2.00 bits per heavy atom. The number of nitrogens with zero attached hydrogens (tertiary/aromatic N) is 2. The Hall–Kier alpha value is -2.58. The second kappa shape index (κ2) is 7.81. The summed E-state index contributed by atoms with van der Waals surface area (Å²) in [7, 11) is 3.01. The summed E-state index contributed by atoms with van der Waals surface area (Å²) in [4.78, 5) is 23.4. The van der Waals surface area contributed by atoms with E-state index < -0.39 is 17.1 Å². The fraction of sp³-hybridized carbons (Fsp3) is 0.500. The van der Waals surface area contributed by atoms with Gasteiger partial charge in [0.05, 0.1) is 16.2 Å². The minimum Gasteiger partial charge on any atom is -0.360 e. The first-order valence-corrected chi connectivity index (χ1v) is 9.06. The van der Waals surface area contributed by atoms with Gasteiger partial charge in [0.1, 0.15) is 5.76 Å². The molecular weight excluding hydrogens is 364 g/mol. The lowest BCUT2D eigenvalue weighted by atomic mass is 9.75. The third-order valence-electron chi connectivity index (χ3n) is 5.11. The van der Waals surface area contributed by atoms with E-state index in [0.717, 1.165) is 0 Å². The van der Waals surface area contributed by atoms with Crippen LogP contribution < -0.4 is 0 Å². The summed E-state index contributed by atoms with van der Waals surface area (Å²) in [6, 6.07) is 6.32. The number of aromatic nitrogens is 1. The normalized spacial score (nSPS) is 16.8. The average Bonchev–Trinajstić information content (AvgIpc) is 3.03. The summed E-state index contributed by atoms with van der Waals surface area (Å²) in [5.74, 6) is 0.207. The van der Waals surface area contributed by atoms with Crippen molar-refractivity contribution in [2.45, 2.75) is 45.3 Å². The number of rotatable bonds is 7. The van der Waals surface area contributed by atoms with E-state index in [1.807, 2.05) is 13.8 Å². The number of ketones is 1. The molecule has 8 heteroatoms. The molecular formula is C20H24N2O6. The van der Waals surface area contributed by atoms with Crippen LogP contribution in [0.3, 0.4) is 0 Å². The maximum Gasteiger partial charge on any atom is 0.269 e. The summed E-state index contributed by atoms with van der Waals surface area (Å²) in [6.07, 6.45) is 0.705. The van der Waals surface area contributed by atoms with Crippen molar-refractivity contribution in [3.63, 3.8) is 0 Å². The molecule has 3 rings (SSSR count). The van der Waals surface area contributed by atoms with Crippen LogP contribution in [0.4, 0.5) is 5.69 Å². The van der Waals surface area contributed by atoms with Gasteiger partial charge in [-0.3, -0.25) is 14.9 Å². The highest BCUT2D eigenvalue weighted by Crippen LogP contribution is 2.38. The van der Waals surface area contributed by atoms with E-state index in [4.69, 9.17) is 14.0 Å². The van der Waals surface area contributed by atoms with E-state index in [-0.39, 0.29) is 16.9 Å². The molecule has 1 heterocycles. The van der Waals surface area contributed by atoms with Gasteiger partial charge in [-0.2, -0.15) is 0 Å². The number of fused-ring (bicyclic) bond motifs is 1. The highest BCUT2D eigenvalue weighted by Gasteiger charge is 2.37. The van der Waals surface area contributed by atoms with Crippen LogP contribution in [0.15, 0.2) is 28.8 Å². The number of hydrogen-bond acceptors (Lipinski definition) is 7. The van der Waals surface area contributed by atoms with E-state index in [9.17, 15) is 14.9 Å². The van der Waals surface area contributed by atoms with Gasteiger partial charge in [0, 0.05) is 51.5 Å². The smallest absolute Gasteiger partial charge is 0.269 e.